The topological polar surface area (TPSA) is 52.0 Å². The van der Waals surface area contributed by atoms with E-state index >= 15 is 0 Å². The Morgan fingerprint density at radius 2 is 2.15 bits per heavy atom. The standard InChI is InChI=1S/C6H8BrClN2O2S/c1-4(2)10-6(13(8,11)12)3-5(7)9-10/h3-4H,1-2H3. The summed E-state index contributed by atoms with van der Waals surface area (Å²) >= 11 is 3.09. The number of halogens is 2. The molecule has 1 aromatic heterocycles. The molecule has 0 aliphatic carbocycles. The van der Waals surface area contributed by atoms with E-state index in [1.54, 1.807) is 0 Å². The Bertz CT molecular complexity index is 412. The van der Waals surface area contributed by atoms with Crippen LogP contribution in [0, 0.1) is 0 Å². The summed E-state index contributed by atoms with van der Waals surface area (Å²) in [7, 11) is 1.50. The molecule has 0 aliphatic rings. The molecule has 1 rings (SSSR count). The fourth-order valence-electron chi connectivity index (χ4n) is 0.901. The van der Waals surface area contributed by atoms with Crippen LogP contribution in [0.5, 0.6) is 0 Å². The average Bonchev–Trinajstić information content (AvgIpc) is 2.29. The summed E-state index contributed by atoms with van der Waals surface area (Å²) in [5, 5.41) is 3.96. The largest absolute Gasteiger partial charge is 0.278 e. The van der Waals surface area contributed by atoms with Crippen LogP contribution in [0.2, 0.25) is 0 Å². The summed E-state index contributed by atoms with van der Waals surface area (Å²) < 4.78 is 23.9. The van der Waals surface area contributed by atoms with Crippen molar-refractivity contribution >= 4 is 35.7 Å². The van der Waals surface area contributed by atoms with Gasteiger partial charge in [-0.15, -0.1) is 0 Å². The van der Waals surface area contributed by atoms with Gasteiger partial charge in [0.1, 0.15) is 4.60 Å². The molecule has 0 atom stereocenters. The Hall–Kier alpha value is -0.0700. The van der Waals surface area contributed by atoms with Crippen LogP contribution in [0.3, 0.4) is 0 Å². The van der Waals surface area contributed by atoms with Crippen molar-refractivity contribution in [2.45, 2.75) is 24.9 Å². The minimum atomic E-state index is -3.71. The van der Waals surface area contributed by atoms with E-state index in [4.69, 9.17) is 10.7 Å². The first-order valence-corrected chi connectivity index (χ1v) is 6.62. The van der Waals surface area contributed by atoms with E-state index < -0.39 is 9.05 Å². The summed E-state index contributed by atoms with van der Waals surface area (Å²) in [6, 6.07) is 1.33. The van der Waals surface area contributed by atoms with Crippen LogP contribution in [0.25, 0.3) is 0 Å². The molecule has 1 heterocycles. The maximum Gasteiger partial charge on any atom is 0.278 e. The third-order valence-corrected chi connectivity index (χ3v) is 3.08. The number of nitrogens with zero attached hydrogens (tertiary/aromatic N) is 2. The highest BCUT2D eigenvalue weighted by molar-refractivity contribution is 9.10. The van der Waals surface area contributed by atoms with Gasteiger partial charge in [0.25, 0.3) is 9.05 Å². The van der Waals surface area contributed by atoms with E-state index in [0.29, 0.717) is 4.60 Å². The maximum atomic E-state index is 11.1. The minimum Gasteiger partial charge on any atom is -0.249 e. The maximum absolute atomic E-state index is 11.1. The molecule has 13 heavy (non-hydrogen) atoms. The predicted molar refractivity (Wildman–Crippen MR) is 53.4 cm³/mol. The lowest BCUT2D eigenvalue weighted by Crippen LogP contribution is -2.09. The van der Waals surface area contributed by atoms with Crippen molar-refractivity contribution in [1.29, 1.82) is 0 Å². The lowest BCUT2D eigenvalue weighted by atomic mass is 10.4. The fourth-order valence-corrected chi connectivity index (χ4v) is 2.51. The van der Waals surface area contributed by atoms with Gasteiger partial charge in [0, 0.05) is 22.8 Å². The van der Waals surface area contributed by atoms with Gasteiger partial charge in [-0.1, -0.05) is 0 Å². The molecule has 0 saturated carbocycles. The first-order valence-electron chi connectivity index (χ1n) is 3.52. The molecule has 0 N–H and O–H groups in total. The molecule has 0 fully saturated rings. The van der Waals surface area contributed by atoms with E-state index in [2.05, 4.69) is 21.0 Å². The van der Waals surface area contributed by atoms with Crippen LogP contribution in [0.4, 0.5) is 0 Å². The zero-order chi connectivity index (χ0) is 10.2. The molecule has 0 saturated heterocycles. The van der Waals surface area contributed by atoms with Crippen molar-refractivity contribution in [2.75, 3.05) is 0 Å². The fraction of sp³-hybridized carbons (Fsp3) is 0.500. The van der Waals surface area contributed by atoms with Gasteiger partial charge in [-0.25, -0.2) is 13.1 Å². The smallest absolute Gasteiger partial charge is 0.249 e. The number of hydrogen-bond acceptors (Lipinski definition) is 3. The Kier molecular flexibility index (Phi) is 3.04. The highest BCUT2D eigenvalue weighted by atomic mass is 79.9. The summed E-state index contributed by atoms with van der Waals surface area (Å²) in [6.07, 6.45) is 0. The number of aromatic nitrogens is 2. The van der Waals surface area contributed by atoms with Gasteiger partial charge in [-0.2, -0.15) is 5.10 Å². The predicted octanol–water partition coefficient (Wildman–Crippen LogP) is 2.15. The van der Waals surface area contributed by atoms with E-state index in [-0.39, 0.29) is 11.1 Å². The minimum absolute atomic E-state index is 0.0102. The zero-order valence-corrected chi connectivity index (χ0v) is 10.2. The van der Waals surface area contributed by atoms with Crippen molar-refractivity contribution in [3.8, 4) is 0 Å². The van der Waals surface area contributed by atoms with Crippen molar-refractivity contribution in [1.82, 2.24) is 9.78 Å². The van der Waals surface area contributed by atoms with E-state index in [0.717, 1.165) is 0 Å². The molecular formula is C6H8BrClN2O2S. The molecular weight excluding hydrogens is 280 g/mol. The second kappa shape index (κ2) is 3.59. The van der Waals surface area contributed by atoms with Gasteiger partial charge in [0.05, 0.1) is 0 Å². The Morgan fingerprint density at radius 3 is 2.46 bits per heavy atom. The lowest BCUT2D eigenvalue weighted by Gasteiger charge is -2.07. The summed E-state index contributed by atoms with van der Waals surface area (Å²) in [5.41, 5.74) is 0. The highest BCUT2D eigenvalue weighted by Crippen LogP contribution is 2.22. The van der Waals surface area contributed by atoms with Gasteiger partial charge >= 0.3 is 0 Å². The first-order chi connectivity index (χ1) is 5.82. The Morgan fingerprint density at radius 1 is 1.62 bits per heavy atom. The van der Waals surface area contributed by atoms with E-state index in [1.807, 2.05) is 13.8 Å². The number of hydrogen-bond donors (Lipinski definition) is 0. The quantitative estimate of drug-likeness (QED) is 0.783. The second-order valence-corrected chi connectivity index (χ2v) is 6.11. The van der Waals surface area contributed by atoms with Crippen molar-refractivity contribution in [3.05, 3.63) is 10.7 Å². The van der Waals surface area contributed by atoms with Crippen LogP contribution in [0.1, 0.15) is 19.9 Å². The van der Waals surface area contributed by atoms with Gasteiger partial charge in [0.2, 0.25) is 0 Å². The molecule has 0 radical (unpaired) electrons. The molecule has 0 spiro atoms. The molecule has 0 aliphatic heterocycles. The molecule has 0 aromatic carbocycles. The third kappa shape index (κ3) is 2.45. The second-order valence-electron chi connectivity index (χ2n) is 2.78. The van der Waals surface area contributed by atoms with Crippen LogP contribution < -0.4 is 0 Å². The van der Waals surface area contributed by atoms with Crippen molar-refractivity contribution < 1.29 is 8.42 Å². The normalized spacial score (nSPS) is 12.4. The van der Waals surface area contributed by atoms with E-state index in [9.17, 15) is 8.42 Å². The van der Waals surface area contributed by atoms with Gasteiger partial charge in [0.15, 0.2) is 5.03 Å². The van der Waals surface area contributed by atoms with Gasteiger partial charge in [-0.3, -0.25) is 0 Å². The van der Waals surface area contributed by atoms with Gasteiger partial charge < -0.3 is 0 Å². The van der Waals surface area contributed by atoms with Crippen LogP contribution >= 0.6 is 26.6 Å². The highest BCUT2D eigenvalue weighted by Gasteiger charge is 2.19. The van der Waals surface area contributed by atoms with Crippen LogP contribution in [0.15, 0.2) is 15.7 Å². The molecule has 0 bridgehead atoms. The lowest BCUT2D eigenvalue weighted by molar-refractivity contribution is 0.480. The molecule has 4 nitrogen and oxygen atoms in total. The Labute approximate surface area is 89.4 Å². The molecule has 7 heteroatoms. The summed E-state index contributed by atoms with van der Waals surface area (Å²) in [5.74, 6) is 0. The third-order valence-electron chi connectivity index (χ3n) is 1.41. The molecule has 74 valence electrons. The summed E-state index contributed by atoms with van der Waals surface area (Å²) in [6.45, 7) is 3.65. The average molecular weight is 288 g/mol. The van der Waals surface area contributed by atoms with Crippen LogP contribution in [-0.2, 0) is 9.05 Å². The van der Waals surface area contributed by atoms with Crippen molar-refractivity contribution in [3.63, 3.8) is 0 Å². The molecule has 1 aromatic rings. The van der Waals surface area contributed by atoms with Crippen LogP contribution in [-0.4, -0.2) is 18.2 Å². The molecule has 0 amide bonds. The first kappa shape index (κ1) is 11.0. The number of rotatable bonds is 2. The SMILES string of the molecule is CC(C)n1nc(Br)cc1S(=O)(=O)Cl. The zero-order valence-electron chi connectivity index (χ0n) is 7.03. The van der Waals surface area contributed by atoms with Gasteiger partial charge in [-0.05, 0) is 29.8 Å². The molecule has 0 unspecified atom stereocenters. The monoisotopic (exact) mass is 286 g/mol. The summed E-state index contributed by atoms with van der Waals surface area (Å²) in [4.78, 5) is 0. The Balaban J connectivity index is 3.37. The van der Waals surface area contributed by atoms with Crippen molar-refractivity contribution in [2.24, 2.45) is 0 Å². The van der Waals surface area contributed by atoms with E-state index in [1.165, 1.54) is 10.7 Å².